The Hall–Kier alpha value is -1.17. The largest absolute Gasteiger partial charge is 0.243 e. The normalized spacial score (nSPS) is 11.8. The van der Waals surface area contributed by atoms with Gasteiger partial charge in [-0.05, 0) is 40.0 Å². The number of benzene rings is 2. The lowest BCUT2D eigenvalue weighted by Crippen LogP contribution is -2.29. The van der Waals surface area contributed by atoms with E-state index in [1.807, 2.05) is 30.3 Å². The predicted octanol–water partition coefficient (Wildman–Crippen LogP) is 3.31. The van der Waals surface area contributed by atoms with Crippen LogP contribution in [-0.4, -0.2) is 26.3 Å². The van der Waals surface area contributed by atoms with E-state index < -0.39 is 10.0 Å². The molecule has 5 heteroatoms. The van der Waals surface area contributed by atoms with Crippen LogP contribution < -0.4 is 0 Å². The van der Waals surface area contributed by atoms with Gasteiger partial charge in [0.2, 0.25) is 10.0 Å². The summed E-state index contributed by atoms with van der Waals surface area (Å²) in [5.41, 5.74) is 1.13. The Morgan fingerprint density at radius 2 is 1.60 bits per heavy atom. The minimum Gasteiger partial charge on any atom is -0.207 e. The number of likely N-dealkylation sites (N-methyl/N-ethyl adjacent to an activating group) is 1. The zero-order valence-electron chi connectivity index (χ0n) is 11.2. The van der Waals surface area contributed by atoms with E-state index in [0.29, 0.717) is 22.3 Å². The average Bonchev–Trinajstić information content (AvgIpc) is 2.46. The monoisotopic (exact) mass is 353 g/mol. The third-order valence-electron chi connectivity index (χ3n) is 3.08. The fraction of sp³-hybridized carbons (Fsp3) is 0.200. The van der Waals surface area contributed by atoms with Crippen molar-refractivity contribution in [3.05, 3.63) is 64.6 Å². The first-order chi connectivity index (χ1) is 9.51. The molecular weight excluding hydrogens is 338 g/mol. The molecule has 0 aliphatic carbocycles. The fourth-order valence-corrected chi connectivity index (χ4v) is 4.00. The predicted molar refractivity (Wildman–Crippen MR) is 84.1 cm³/mol. The molecule has 0 N–H and O–H groups in total. The molecule has 0 saturated heterocycles. The van der Waals surface area contributed by atoms with Gasteiger partial charge in [0, 0.05) is 18.1 Å². The molecule has 0 radical (unpaired) electrons. The lowest BCUT2D eigenvalue weighted by molar-refractivity contribution is 0.472. The Morgan fingerprint density at radius 1 is 1.00 bits per heavy atom. The highest BCUT2D eigenvalue weighted by atomic mass is 79.9. The molecule has 2 rings (SSSR count). The van der Waals surface area contributed by atoms with E-state index in [1.165, 1.54) is 4.31 Å². The van der Waals surface area contributed by atoms with Crippen molar-refractivity contribution in [3.63, 3.8) is 0 Å². The van der Waals surface area contributed by atoms with Crippen LogP contribution in [0.3, 0.4) is 0 Å². The second kappa shape index (κ2) is 6.52. The molecule has 0 amide bonds. The second-order valence-corrected chi connectivity index (χ2v) is 7.36. The average molecular weight is 354 g/mol. The lowest BCUT2D eigenvalue weighted by Gasteiger charge is -2.18. The van der Waals surface area contributed by atoms with Gasteiger partial charge >= 0.3 is 0 Å². The molecule has 0 spiro atoms. The van der Waals surface area contributed by atoms with E-state index in [1.54, 1.807) is 31.3 Å². The van der Waals surface area contributed by atoms with E-state index in [-0.39, 0.29) is 0 Å². The number of halogens is 1. The summed E-state index contributed by atoms with van der Waals surface area (Å²) in [7, 11) is -1.84. The Labute approximate surface area is 128 Å². The van der Waals surface area contributed by atoms with Gasteiger partial charge in [-0.15, -0.1) is 0 Å². The topological polar surface area (TPSA) is 37.4 Å². The van der Waals surface area contributed by atoms with Gasteiger partial charge in [0.15, 0.2) is 0 Å². The van der Waals surface area contributed by atoms with Crippen LogP contribution in [0, 0.1) is 0 Å². The van der Waals surface area contributed by atoms with Crippen LogP contribution in [0.4, 0.5) is 0 Å². The van der Waals surface area contributed by atoms with Crippen LogP contribution >= 0.6 is 15.9 Å². The summed E-state index contributed by atoms with van der Waals surface area (Å²) in [6, 6.07) is 16.7. The van der Waals surface area contributed by atoms with Crippen LogP contribution in [0.25, 0.3) is 0 Å². The maximum Gasteiger partial charge on any atom is 0.243 e. The number of nitrogens with zero attached hydrogens (tertiary/aromatic N) is 1. The molecule has 0 aliphatic rings. The van der Waals surface area contributed by atoms with Gasteiger partial charge in [0.25, 0.3) is 0 Å². The van der Waals surface area contributed by atoms with Crippen molar-refractivity contribution in [3.8, 4) is 0 Å². The molecule has 2 aromatic carbocycles. The van der Waals surface area contributed by atoms with E-state index >= 15 is 0 Å². The van der Waals surface area contributed by atoms with Gasteiger partial charge in [0.05, 0.1) is 4.90 Å². The maximum absolute atomic E-state index is 12.5. The first kappa shape index (κ1) is 15.2. The Morgan fingerprint density at radius 3 is 2.25 bits per heavy atom. The van der Waals surface area contributed by atoms with Gasteiger partial charge < -0.3 is 0 Å². The van der Waals surface area contributed by atoms with E-state index in [4.69, 9.17) is 0 Å². The molecule has 2 aromatic rings. The van der Waals surface area contributed by atoms with Crippen molar-refractivity contribution in [2.45, 2.75) is 11.3 Å². The molecule has 0 bridgehead atoms. The van der Waals surface area contributed by atoms with Gasteiger partial charge in [-0.25, -0.2) is 12.7 Å². The number of hydrogen-bond donors (Lipinski definition) is 0. The molecule has 106 valence electrons. The summed E-state index contributed by atoms with van der Waals surface area (Å²) >= 11 is 3.29. The SMILES string of the molecule is CN(CCc1ccccc1)S(=O)(=O)c1ccccc1Br. The van der Waals surface area contributed by atoms with Crippen molar-refractivity contribution >= 4 is 26.0 Å². The minimum absolute atomic E-state index is 0.301. The summed E-state index contributed by atoms with van der Waals surface area (Å²) in [4.78, 5) is 0.301. The molecule has 0 aliphatic heterocycles. The third kappa shape index (κ3) is 3.48. The molecule has 0 saturated carbocycles. The van der Waals surface area contributed by atoms with Crippen LogP contribution in [0.1, 0.15) is 5.56 Å². The maximum atomic E-state index is 12.5. The van der Waals surface area contributed by atoms with Crippen molar-refractivity contribution in [2.24, 2.45) is 0 Å². The standard InChI is InChI=1S/C15H16BrNO2S/c1-17(12-11-13-7-3-2-4-8-13)20(18,19)15-10-6-5-9-14(15)16/h2-10H,11-12H2,1H3. The highest BCUT2D eigenvalue weighted by Gasteiger charge is 2.22. The molecule has 0 fully saturated rings. The number of rotatable bonds is 5. The van der Waals surface area contributed by atoms with Crippen molar-refractivity contribution in [1.82, 2.24) is 4.31 Å². The Kier molecular flexibility index (Phi) is 4.96. The van der Waals surface area contributed by atoms with E-state index in [0.717, 1.165) is 5.56 Å². The van der Waals surface area contributed by atoms with Crippen molar-refractivity contribution in [1.29, 1.82) is 0 Å². The summed E-state index contributed by atoms with van der Waals surface area (Å²) in [6.07, 6.45) is 0.695. The Bertz CT molecular complexity index is 671. The van der Waals surface area contributed by atoms with Crippen LogP contribution in [0.5, 0.6) is 0 Å². The fourth-order valence-electron chi connectivity index (χ4n) is 1.87. The summed E-state index contributed by atoms with van der Waals surface area (Å²) in [6.45, 7) is 0.452. The number of sulfonamides is 1. The molecule has 20 heavy (non-hydrogen) atoms. The second-order valence-electron chi connectivity index (χ2n) is 4.49. The van der Waals surface area contributed by atoms with Gasteiger partial charge in [-0.1, -0.05) is 42.5 Å². The van der Waals surface area contributed by atoms with Gasteiger partial charge in [-0.3, -0.25) is 0 Å². The minimum atomic E-state index is -3.45. The van der Waals surface area contributed by atoms with Crippen molar-refractivity contribution in [2.75, 3.05) is 13.6 Å². The molecular formula is C15H16BrNO2S. The summed E-state index contributed by atoms with van der Waals surface area (Å²) in [5, 5.41) is 0. The molecule has 0 atom stereocenters. The zero-order chi connectivity index (χ0) is 14.6. The summed E-state index contributed by atoms with van der Waals surface area (Å²) < 4.78 is 26.9. The van der Waals surface area contributed by atoms with E-state index in [2.05, 4.69) is 15.9 Å². The van der Waals surface area contributed by atoms with Crippen LogP contribution in [0.15, 0.2) is 64.0 Å². The molecule has 0 aromatic heterocycles. The Balaban J connectivity index is 2.12. The quantitative estimate of drug-likeness (QED) is 0.826. The molecule has 0 heterocycles. The number of hydrogen-bond acceptors (Lipinski definition) is 2. The highest BCUT2D eigenvalue weighted by molar-refractivity contribution is 9.10. The van der Waals surface area contributed by atoms with Crippen LogP contribution in [0.2, 0.25) is 0 Å². The van der Waals surface area contributed by atoms with E-state index in [9.17, 15) is 8.42 Å². The van der Waals surface area contributed by atoms with Crippen molar-refractivity contribution < 1.29 is 8.42 Å². The first-order valence-corrected chi connectivity index (χ1v) is 8.50. The van der Waals surface area contributed by atoms with Gasteiger partial charge in [0.1, 0.15) is 0 Å². The lowest BCUT2D eigenvalue weighted by atomic mass is 10.2. The zero-order valence-corrected chi connectivity index (χ0v) is 13.6. The highest BCUT2D eigenvalue weighted by Crippen LogP contribution is 2.23. The van der Waals surface area contributed by atoms with Gasteiger partial charge in [-0.2, -0.15) is 0 Å². The van der Waals surface area contributed by atoms with Crippen LogP contribution in [-0.2, 0) is 16.4 Å². The molecule has 0 unspecified atom stereocenters. The smallest absolute Gasteiger partial charge is 0.207 e. The summed E-state index contributed by atoms with van der Waals surface area (Å²) in [5.74, 6) is 0. The molecule has 3 nitrogen and oxygen atoms in total. The first-order valence-electron chi connectivity index (χ1n) is 6.26. The third-order valence-corrected chi connectivity index (χ3v) is 5.95.